The van der Waals surface area contributed by atoms with Gasteiger partial charge in [-0.05, 0) is 30.3 Å². The third kappa shape index (κ3) is 3.70. The predicted molar refractivity (Wildman–Crippen MR) is 118 cm³/mol. The number of fused-ring (bicyclic) bond motifs is 1. The van der Waals surface area contributed by atoms with Gasteiger partial charge < -0.3 is 10.2 Å². The first-order valence-corrected chi connectivity index (χ1v) is 10.9. The molecule has 3 aromatic rings. The summed E-state index contributed by atoms with van der Waals surface area (Å²) in [6.07, 6.45) is 1.42. The molecule has 0 spiro atoms. The van der Waals surface area contributed by atoms with E-state index < -0.39 is 10.0 Å². The molecule has 0 aliphatic carbocycles. The van der Waals surface area contributed by atoms with Crippen molar-refractivity contribution in [1.29, 1.82) is 0 Å². The molecule has 1 N–H and O–H groups in total. The molecule has 10 heteroatoms. The molecule has 4 rings (SSSR count). The van der Waals surface area contributed by atoms with Crippen molar-refractivity contribution in [2.45, 2.75) is 4.90 Å². The van der Waals surface area contributed by atoms with Crippen LogP contribution in [-0.4, -0.2) is 38.6 Å². The molecule has 2 heterocycles. The quantitative estimate of drug-likeness (QED) is 0.591. The van der Waals surface area contributed by atoms with Crippen LogP contribution in [0.3, 0.4) is 0 Å². The normalized spacial score (nSPS) is 14.9. The van der Waals surface area contributed by atoms with Gasteiger partial charge in [0.1, 0.15) is 0 Å². The van der Waals surface area contributed by atoms with Crippen molar-refractivity contribution >= 4 is 73.8 Å². The van der Waals surface area contributed by atoms with Crippen LogP contribution in [0.1, 0.15) is 0 Å². The molecule has 150 valence electrons. The number of piperazine rings is 1. The average Bonchev–Trinajstić information content (AvgIpc) is 3.00. The maximum atomic E-state index is 13.2. The van der Waals surface area contributed by atoms with E-state index in [-0.39, 0.29) is 17.3 Å². The van der Waals surface area contributed by atoms with Gasteiger partial charge in [-0.3, -0.25) is 0 Å². The van der Waals surface area contributed by atoms with Crippen molar-refractivity contribution in [1.82, 2.24) is 9.29 Å². The molecule has 1 aliphatic heterocycles. The van der Waals surface area contributed by atoms with E-state index in [0.29, 0.717) is 26.0 Å². The standard InChI is InChI=1S/C18H16Cl3N3O2S.ClH/c19-12-2-1-3-13(10-12)27(25,26)24-11-15(21)17-16(24)5-4-14(20)18(17)23-8-6-22-7-9-23;/h1-5,10-11,22H,6-9H2;1H. The van der Waals surface area contributed by atoms with Crippen LogP contribution in [0.25, 0.3) is 10.9 Å². The van der Waals surface area contributed by atoms with Gasteiger partial charge in [0.25, 0.3) is 10.0 Å². The summed E-state index contributed by atoms with van der Waals surface area (Å²) in [7, 11) is -3.85. The molecule has 0 radical (unpaired) electrons. The molecule has 0 atom stereocenters. The summed E-state index contributed by atoms with van der Waals surface area (Å²) in [5, 5.41) is 5.16. The van der Waals surface area contributed by atoms with Crippen LogP contribution in [0.5, 0.6) is 0 Å². The van der Waals surface area contributed by atoms with Crippen LogP contribution in [0.15, 0.2) is 47.5 Å². The van der Waals surface area contributed by atoms with E-state index in [1.807, 2.05) is 0 Å². The van der Waals surface area contributed by atoms with Crippen LogP contribution < -0.4 is 10.2 Å². The second kappa shape index (κ2) is 8.30. The lowest BCUT2D eigenvalue weighted by atomic mass is 10.2. The number of anilines is 1. The number of nitrogens with one attached hydrogen (secondary N) is 1. The van der Waals surface area contributed by atoms with Gasteiger partial charge in [-0.15, -0.1) is 12.4 Å². The number of halogens is 4. The SMILES string of the molecule is Cl.O=S(=O)(c1cccc(Cl)c1)n1cc(Cl)c2c(N3CCNCC3)c(Cl)ccc21. The lowest BCUT2D eigenvalue weighted by Crippen LogP contribution is -2.43. The zero-order chi connectivity index (χ0) is 19.2. The minimum absolute atomic E-state index is 0. The second-order valence-electron chi connectivity index (χ2n) is 6.26. The minimum atomic E-state index is -3.85. The van der Waals surface area contributed by atoms with Crippen molar-refractivity contribution in [3.8, 4) is 0 Å². The lowest BCUT2D eigenvalue weighted by Gasteiger charge is -2.31. The summed E-state index contributed by atoms with van der Waals surface area (Å²) >= 11 is 18.9. The largest absolute Gasteiger partial charge is 0.367 e. The van der Waals surface area contributed by atoms with Crippen molar-refractivity contribution in [2.75, 3.05) is 31.1 Å². The summed E-state index contributed by atoms with van der Waals surface area (Å²) in [6.45, 7) is 3.18. The zero-order valence-corrected chi connectivity index (χ0v) is 18.4. The van der Waals surface area contributed by atoms with E-state index in [0.717, 1.165) is 31.9 Å². The van der Waals surface area contributed by atoms with Crippen LogP contribution in [-0.2, 0) is 10.0 Å². The van der Waals surface area contributed by atoms with E-state index in [1.165, 1.54) is 22.3 Å². The smallest absolute Gasteiger partial charge is 0.268 e. The Morgan fingerprint density at radius 2 is 1.68 bits per heavy atom. The van der Waals surface area contributed by atoms with Gasteiger partial charge >= 0.3 is 0 Å². The van der Waals surface area contributed by atoms with Crippen molar-refractivity contribution in [3.63, 3.8) is 0 Å². The third-order valence-corrected chi connectivity index (χ3v) is 7.10. The summed E-state index contributed by atoms with van der Waals surface area (Å²) in [5.74, 6) is 0. The third-order valence-electron chi connectivity index (χ3n) is 4.60. The van der Waals surface area contributed by atoms with Crippen molar-refractivity contribution < 1.29 is 8.42 Å². The number of nitrogens with zero attached hydrogens (tertiary/aromatic N) is 2. The molecule has 0 bridgehead atoms. The first-order chi connectivity index (χ1) is 12.9. The zero-order valence-electron chi connectivity index (χ0n) is 14.5. The first kappa shape index (κ1) is 21.6. The Hall–Kier alpha value is -1.15. The highest BCUT2D eigenvalue weighted by molar-refractivity contribution is 7.90. The van der Waals surface area contributed by atoms with Crippen LogP contribution >= 0.6 is 47.2 Å². The number of hydrogen-bond acceptors (Lipinski definition) is 4. The van der Waals surface area contributed by atoms with Crippen molar-refractivity contribution in [3.05, 3.63) is 57.7 Å². The number of benzene rings is 2. The Labute approximate surface area is 184 Å². The topological polar surface area (TPSA) is 54.3 Å². The Morgan fingerprint density at radius 1 is 0.964 bits per heavy atom. The maximum Gasteiger partial charge on any atom is 0.268 e. The van der Waals surface area contributed by atoms with E-state index in [4.69, 9.17) is 34.8 Å². The molecule has 0 amide bonds. The molecule has 1 fully saturated rings. The Kier molecular flexibility index (Phi) is 6.39. The fourth-order valence-electron chi connectivity index (χ4n) is 3.35. The average molecular weight is 481 g/mol. The predicted octanol–water partition coefficient (Wildman–Crippen LogP) is 4.67. The van der Waals surface area contributed by atoms with Crippen LogP contribution in [0.4, 0.5) is 5.69 Å². The number of aromatic nitrogens is 1. The first-order valence-electron chi connectivity index (χ1n) is 8.35. The molecule has 1 aliphatic rings. The van der Waals surface area contributed by atoms with Crippen molar-refractivity contribution in [2.24, 2.45) is 0 Å². The summed E-state index contributed by atoms with van der Waals surface area (Å²) < 4.78 is 27.5. The van der Waals surface area contributed by atoms with Gasteiger partial charge in [-0.1, -0.05) is 40.9 Å². The van der Waals surface area contributed by atoms with Gasteiger partial charge in [0.2, 0.25) is 0 Å². The molecule has 1 aromatic heterocycles. The second-order valence-corrected chi connectivity index (χ2v) is 9.33. The molecule has 2 aromatic carbocycles. The fraction of sp³-hybridized carbons (Fsp3) is 0.222. The fourth-order valence-corrected chi connectivity index (χ4v) is 5.63. The highest BCUT2D eigenvalue weighted by atomic mass is 35.5. The van der Waals surface area contributed by atoms with E-state index >= 15 is 0 Å². The highest BCUT2D eigenvalue weighted by Gasteiger charge is 2.25. The monoisotopic (exact) mass is 479 g/mol. The van der Waals surface area contributed by atoms with Gasteiger partial charge in [0.05, 0.1) is 26.1 Å². The summed E-state index contributed by atoms with van der Waals surface area (Å²) in [4.78, 5) is 2.23. The van der Waals surface area contributed by atoms with Gasteiger partial charge in [0, 0.05) is 42.8 Å². The van der Waals surface area contributed by atoms with Gasteiger partial charge in [-0.25, -0.2) is 12.4 Å². The molecule has 28 heavy (non-hydrogen) atoms. The minimum Gasteiger partial charge on any atom is -0.367 e. The van der Waals surface area contributed by atoms with E-state index in [1.54, 1.807) is 24.3 Å². The van der Waals surface area contributed by atoms with Crippen LogP contribution in [0.2, 0.25) is 15.1 Å². The molecule has 0 unspecified atom stereocenters. The Bertz CT molecular complexity index is 1130. The Balaban J connectivity index is 0.00000225. The maximum absolute atomic E-state index is 13.2. The Morgan fingerprint density at radius 3 is 2.36 bits per heavy atom. The molecule has 0 saturated carbocycles. The van der Waals surface area contributed by atoms with Gasteiger partial charge in [-0.2, -0.15) is 0 Å². The number of rotatable bonds is 3. The molecular formula is C18H17Cl4N3O2S. The van der Waals surface area contributed by atoms with Gasteiger partial charge in [0.15, 0.2) is 0 Å². The lowest BCUT2D eigenvalue weighted by molar-refractivity contribution is 0.588. The van der Waals surface area contributed by atoms with E-state index in [9.17, 15) is 8.42 Å². The molecule has 5 nitrogen and oxygen atoms in total. The summed E-state index contributed by atoms with van der Waals surface area (Å²) in [5.41, 5.74) is 1.25. The van der Waals surface area contributed by atoms with E-state index in [2.05, 4.69) is 10.2 Å². The highest BCUT2D eigenvalue weighted by Crippen LogP contribution is 2.41. The molecular weight excluding hydrogens is 464 g/mol. The summed E-state index contributed by atoms with van der Waals surface area (Å²) in [6, 6.07) is 9.55. The molecule has 1 saturated heterocycles. The number of hydrogen-bond donors (Lipinski definition) is 1. The van der Waals surface area contributed by atoms with Crippen LogP contribution in [0, 0.1) is 0 Å².